The lowest BCUT2D eigenvalue weighted by molar-refractivity contribution is 0.0520. The second kappa shape index (κ2) is 14.4. The Hall–Kier alpha value is -3.73. The number of alkyl carbamates (subject to hydrolysis) is 1. The first-order valence-corrected chi connectivity index (χ1v) is 13.9. The van der Waals surface area contributed by atoms with E-state index in [4.69, 9.17) is 14.2 Å². The maximum absolute atomic E-state index is 11.8. The summed E-state index contributed by atoms with van der Waals surface area (Å²) in [6.45, 7) is 13.4. The number of carbonyl (C=O) groups excluding carboxylic acids is 1. The van der Waals surface area contributed by atoms with Gasteiger partial charge in [0.2, 0.25) is 0 Å². The molecule has 0 atom stereocenters. The van der Waals surface area contributed by atoms with Crippen molar-refractivity contribution >= 4 is 17.2 Å². The molecule has 0 fully saturated rings. The molecule has 3 rings (SSSR count). The first-order chi connectivity index (χ1) is 18.7. The Morgan fingerprint density at radius 2 is 1.26 bits per heavy atom. The lowest BCUT2D eigenvalue weighted by Gasteiger charge is -2.19. The van der Waals surface area contributed by atoms with Crippen molar-refractivity contribution in [3.63, 3.8) is 0 Å². The standard InChI is InChI=1S/C34H43NO4/c1-7-9-23-37-29-18-14-27(15-19-29)32(31(8-2)26-12-10-25(3)11-13-26)28-16-20-30(21-17-28)38-24-22-35-33(36)39-34(4,5)6/h10-21H,7-9,22-24H2,1-6H3,(H,35,36)/b32-31-. The van der Waals surface area contributed by atoms with E-state index < -0.39 is 11.7 Å². The third-order valence-corrected chi connectivity index (χ3v) is 6.15. The summed E-state index contributed by atoms with van der Waals surface area (Å²) in [4.78, 5) is 11.8. The van der Waals surface area contributed by atoms with Gasteiger partial charge in [-0.1, -0.05) is 74.4 Å². The minimum absolute atomic E-state index is 0.352. The molecule has 0 saturated heterocycles. The molecule has 3 aromatic rings. The summed E-state index contributed by atoms with van der Waals surface area (Å²) in [6, 6.07) is 25.3. The molecule has 0 aliphatic rings. The van der Waals surface area contributed by atoms with Crippen LogP contribution in [-0.2, 0) is 4.74 Å². The van der Waals surface area contributed by atoms with E-state index in [0.29, 0.717) is 13.2 Å². The topological polar surface area (TPSA) is 56.8 Å². The number of unbranched alkanes of at least 4 members (excludes halogenated alkanes) is 1. The van der Waals surface area contributed by atoms with Crippen LogP contribution in [0.15, 0.2) is 72.8 Å². The number of ether oxygens (including phenoxy) is 3. The van der Waals surface area contributed by atoms with Crippen LogP contribution in [-0.4, -0.2) is 31.5 Å². The van der Waals surface area contributed by atoms with Crippen molar-refractivity contribution in [1.29, 1.82) is 0 Å². The fourth-order valence-electron chi connectivity index (χ4n) is 4.20. The highest BCUT2D eigenvalue weighted by atomic mass is 16.6. The second-order valence-corrected chi connectivity index (χ2v) is 10.6. The van der Waals surface area contributed by atoms with Crippen LogP contribution in [0.3, 0.4) is 0 Å². The molecule has 1 amide bonds. The molecule has 0 radical (unpaired) electrons. The van der Waals surface area contributed by atoms with Crippen molar-refractivity contribution in [2.24, 2.45) is 0 Å². The largest absolute Gasteiger partial charge is 0.494 e. The molecule has 0 aliphatic carbocycles. The molecule has 208 valence electrons. The summed E-state index contributed by atoms with van der Waals surface area (Å²) in [6.07, 6.45) is 2.61. The van der Waals surface area contributed by atoms with Crippen LogP contribution >= 0.6 is 0 Å². The molecule has 0 saturated carbocycles. The zero-order chi connectivity index (χ0) is 28.3. The second-order valence-electron chi connectivity index (χ2n) is 10.6. The Labute approximate surface area is 234 Å². The monoisotopic (exact) mass is 529 g/mol. The lowest BCUT2D eigenvalue weighted by atomic mass is 9.88. The Balaban J connectivity index is 1.82. The van der Waals surface area contributed by atoms with Gasteiger partial charge < -0.3 is 19.5 Å². The van der Waals surface area contributed by atoms with Gasteiger partial charge in [0.15, 0.2) is 0 Å². The summed E-state index contributed by atoms with van der Waals surface area (Å²) >= 11 is 0. The average molecular weight is 530 g/mol. The smallest absolute Gasteiger partial charge is 0.407 e. The third-order valence-electron chi connectivity index (χ3n) is 6.15. The first kappa shape index (κ1) is 29.8. The highest BCUT2D eigenvalue weighted by Crippen LogP contribution is 2.35. The number of rotatable bonds is 12. The van der Waals surface area contributed by atoms with E-state index in [9.17, 15) is 4.79 Å². The molecule has 0 aromatic heterocycles. The summed E-state index contributed by atoms with van der Waals surface area (Å²) < 4.78 is 17.0. The number of hydrogen-bond acceptors (Lipinski definition) is 4. The molecule has 0 spiro atoms. The summed E-state index contributed by atoms with van der Waals surface area (Å²) in [5, 5.41) is 2.72. The zero-order valence-electron chi connectivity index (χ0n) is 24.3. The fourth-order valence-corrected chi connectivity index (χ4v) is 4.20. The van der Waals surface area contributed by atoms with Gasteiger partial charge in [0.05, 0.1) is 13.2 Å². The molecule has 3 aromatic carbocycles. The van der Waals surface area contributed by atoms with Gasteiger partial charge in [-0.25, -0.2) is 4.79 Å². The molecule has 5 heteroatoms. The van der Waals surface area contributed by atoms with Gasteiger partial charge in [0.1, 0.15) is 23.7 Å². The Morgan fingerprint density at radius 3 is 1.74 bits per heavy atom. The maximum atomic E-state index is 11.8. The van der Waals surface area contributed by atoms with Gasteiger partial charge in [-0.05, 0) is 92.6 Å². The van der Waals surface area contributed by atoms with E-state index in [1.54, 1.807) is 0 Å². The molecule has 0 heterocycles. The number of hydrogen-bond donors (Lipinski definition) is 1. The number of benzene rings is 3. The summed E-state index contributed by atoms with van der Waals surface area (Å²) in [7, 11) is 0. The molecule has 1 N–H and O–H groups in total. The Bertz CT molecular complexity index is 1200. The maximum Gasteiger partial charge on any atom is 0.407 e. The summed E-state index contributed by atoms with van der Waals surface area (Å²) in [5.41, 5.74) is 6.67. The molecule has 0 aliphatic heterocycles. The van der Waals surface area contributed by atoms with Crippen molar-refractivity contribution in [3.8, 4) is 11.5 Å². The molecule has 0 unspecified atom stereocenters. The SMILES string of the molecule is CCCCOc1ccc(/C(=C(\CC)c2ccc(C)cc2)c2ccc(OCCNC(=O)OC(C)(C)C)cc2)cc1. The third kappa shape index (κ3) is 9.51. The van der Waals surface area contributed by atoms with Gasteiger partial charge in [0, 0.05) is 0 Å². The molecule has 39 heavy (non-hydrogen) atoms. The highest BCUT2D eigenvalue weighted by molar-refractivity contribution is 5.98. The minimum Gasteiger partial charge on any atom is -0.494 e. The van der Waals surface area contributed by atoms with E-state index in [-0.39, 0.29) is 0 Å². The van der Waals surface area contributed by atoms with E-state index in [0.717, 1.165) is 48.5 Å². The number of amides is 1. The van der Waals surface area contributed by atoms with Gasteiger partial charge >= 0.3 is 6.09 Å². The van der Waals surface area contributed by atoms with Crippen molar-refractivity contribution < 1.29 is 19.0 Å². The van der Waals surface area contributed by atoms with E-state index in [1.807, 2.05) is 32.9 Å². The van der Waals surface area contributed by atoms with Crippen LogP contribution < -0.4 is 14.8 Å². The van der Waals surface area contributed by atoms with Crippen molar-refractivity contribution in [1.82, 2.24) is 5.32 Å². The van der Waals surface area contributed by atoms with E-state index >= 15 is 0 Å². The number of allylic oxidation sites excluding steroid dienone is 1. The van der Waals surface area contributed by atoms with Crippen LogP contribution in [0.1, 0.15) is 76.1 Å². The molecular formula is C34H43NO4. The van der Waals surface area contributed by atoms with Gasteiger partial charge in [-0.2, -0.15) is 0 Å². The normalized spacial score (nSPS) is 11.9. The van der Waals surface area contributed by atoms with Crippen molar-refractivity contribution in [2.75, 3.05) is 19.8 Å². The number of nitrogens with one attached hydrogen (secondary N) is 1. The van der Waals surface area contributed by atoms with Gasteiger partial charge in [-0.15, -0.1) is 0 Å². The summed E-state index contributed by atoms with van der Waals surface area (Å²) in [5.74, 6) is 1.64. The first-order valence-electron chi connectivity index (χ1n) is 13.9. The Morgan fingerprint density at radius 1 is 0.744 bits per heavy atom. The van der Waals surface area contributed by atoms with Crippen LogP contribution in [0.2, 0.25) is 0 Å². The van der Waals surface area contributed by atoms with Crippen LogP contribution in [0.4, 0.5) is 4.79 Å². The molecule has 0 bridgehead atoms. The lowest BCUT2D eigenvalue weighted by Crippen LogP contribution is -2.34. The minimum atomic E-state index is -0.523. The van der Waals surface area contributed by atoms with Crippen LogP contribution in [0, 0.1) is 6.92 Å². The fraction of sp³-hybridized carbons (Fsp3) is 0.382. The number of carbonyl (C=O) groups is 1. The van der Waals surface area contributed by atoms with E-state index in [2.05, 4.69) is 86.8 Å². The average Bonchev–Trinajstić information content (AvgIpc) is 2.91. The van der Waals surface area contributed by atoms with Gasteiger partial charge in [0.25, 0.3) is 0 Å². The van der Waals surface area contributed by atoms with Crippen LogP contribution in [0.5, 0.6) is 11.5 Å². The predicted molar refractivity (Wildman–Crippen MR) is 160 cm³/mol. The molecular weight excluding hydrogens is 486 g/mol. The van der Waals surface area contributed by atoms with E-state index in [1.165, 1.54) is 22.3 Å². The highest BCUT2D eigenvalue weighted by Gasteiger charge is 2.16. The van der Waals surface area contributed by atoms with Crippen LogP contribution in [0.25, 0.3) is 11.1 Å². The predicted octanol–water partition coefficient (Wildman–Crippen LogP) is 8.45. The van der Waals surface area contributed by atoms with Gasteiger partial charge in [-0.3, -0.25) is 0 Å². The zero-order valence-corrected chi connectivity index (χ0v) is 24.3. The quantitative estimate of drug-likeness (QED) is 0.189. The Kier molecular flexibility index (Phi) is 11.0. The number of aryl methyl sites for hydroxylation is 1. The van der Waals surface area contributed by atoms with Crippen molar-refractivity contribution in [3.05, 3.63) is 95.1 Å². The van der Waals surface area contributed by atoms with Crippen molar-refractivity contribution in [2.45, 2.75) is 66.4 Å². The molecule has 5 nitrogen and oxygen atoms in total.